The Balaban J connectivity index is 2.22. The van der Waals surface area contributed by atoms with Crippen LogP contribution in [0.3, 0.4) is 0 Å². The van der Waals surface area contributed by atoms with Crippen LogP contribution < -0.4 is 4.90 Å². The van der Waals surface area contributed by atoms with Crippen LogP contribution in [0.25, 0.3) is 0 Å². The monoisotopic (exact) mass is 244 g/mol. The number of methoxy groups -OCH3 is 1. The van der Waals surface area contributed by atoms with Crippen molar-refractivity contribution in [1.82, 2.24) is 0 Å². The normalized spacial score (nSPS) is 23.8. The van der Waals surface area contributed by atoms with E-state index in [1.165, 1.54) is 5.69 Å². The van der Waals surface area contributed by atoms with Crippen molar-refractivity contribution in [3.05, 3.63) is 29.3 Å². The molecule has 0 spiro atoms. The Morgan fingerprint density at radius 2 is 2.22 bits per heavy atom. The summed E-state index contributed by atoms with van der Waals surface area (Å²) in [4.78, 5) is 2.35. The van der Waals surface area contributed by atoms with Crippen LogP contribution in [0.15, 0.2) is 18.2 Å². The van der Waals surface area contributed by atoms with Crippen molar-refractivity contribution in [2.45, 2.75) is 32.3 Å². The van der Waals surface area contributed by atoms with Crippen LogP contribution in [0.5, 0.6) is 0 Å². The second-order valence-electron chi connectivity index (χ2n) is 5.29. The van der Waals surface area contributed by atoms with Gasteiger partial charge in [0.15, 0.2) is 0 Å². The van der Waals surface area contributed by atoms with Crippen molar-refractivity contribution in [1.29, 1.82) is 5.26 Å². The smallest absolute Gasteiger partial charge is 0.0994 e. The van der Waals surface area contributed by atoms with E-state index < -0.39 is 0 Å². The minimum Gasteiger partial charge on any atom is -0.377 e. The lowest BCUT2D eigenvalue weighted by molar-refractivity contribution is -0.00465. The maximum atomic E-state index is 8.96. The molecule has 1 atom stereocenters. The summed E-state index contributed by atoms with van der Waals surface area (Å²) in [6, 6.07) is 8.25. The number of hydrogen-bond acceptors (Lipinski definition) is 3. The van der Waals surface area contributed by atoms with Gasteiger partial charge in [-0.2, -0.15) is 5.26 Å². The molecular weight excluding hydrogens is 224 g/mol. The topological polar surface area (TPSA) is 36.3 Å². The third kappa shape index (κ3) is 2.49. The van der Waals surface area contributed by atoms with E-state index in [1.54, 1.807) is 7.11 Å². The quantitative estimate of drug-likeness (QED) is 0.802. The second-order valence-corrected chi connectivity index (χ2v) is 5.29. The summed E-state index contributed by atoms with van der Waals surface area (Å²) < 4.78 is 5.61. The van der Waals surface area contributed by atoms with Crippen LogP contribution in [0, 0.1) is 18.3 Å². The molecule has 0 bridgehead atoms. The predicted octanol–water partition coefficient (Wildman–Crippen LogP) is 2.87. The maximum Gasteiger partial charge on any atom is 0.0994 e. The highest BCUT2D eigenvalue weighted by Gasteiger charge is 2.30. The molecule has 2 rings (SSSR count). The van der Waals surface area contributed by atoms with Crippen molar-refractivity contribution in [3.8, 4) is 6.07 Å². The number of benzene rings is 1. The van der Waals surface area contributed by atoms with Crippen LogP contribution >= 0.6 is 0 Å². The summed E-state index contributed by atoms with van der Waals surface area (Å²) in [5.41, 5.74) is 2.93. The van der Waals surface area contributed by atoms with Crippen molar-refractivity contribution >= 4 is 5.69 Å². The molecule has 18 heavy (non-hydrogen) atoms. The van der Waals surface area contributed by atoms with Gasteiger partial charge in [0.1, 0.15) is 0 Å². The van der Waals surface area contributed by atoms with Crippen molar-refractivity contribution in [2.75, 3.05) is 25.1 Å². The Hall–Kier alpha value is -1.53. The molecule has 1 aliphatic heterocycles. The molecule has 1 saturated heterocycles. The summed E-state index contributed by atoms with van der Waals surface area (Å²) in [6.45, 7) is 6.12. The zero-order valence-electron chi connectivity index (χ0n) is 11.4. The third-order valence-electron chi connectivity index (χ3n) is 3.85. The van der Waals surface area contributed by atoms with E-state index in [-0.39, 0.29) is 5.60 Å². The number of nitriles is 1. The highest BCUT2D eigenvalue weighted by Crippen LogP contribution is 2.28. The third-order valence-corrected chi connectivity index (χ3v) is 3.85. The van der Waals surface area contributed by atoms with Crippen molar-refractivity contribution in [2.24, 2.45) is 0 Å². The number of aryl methyl sites for hydroxylation is 1. The summed E-state index contributed by atoms with van der Waals surface area (Å²) in [7, 11) is 1.79. The maximum absolute atomic E-state index is 8.96. The number of nitrogens with zero attached hydrogens (tertiary/aromatic N) is 2. The summed E-state index contributed by atoms with van der Waals surface area (Å²) in [6.07, 6.45) is 2.25. The lowest BCUT2D eigenvalue weighted by Crippen LogP contribution is -2.47. The number of anilines is 1. The van der Waals surface area contributed by atoms with Crippen LogP contribution in [0.1, 0.15) is 30.9 Å². The summed E-state index contributed by atoms with van der Waals surface area (Å²) in [5, 5.41) is 8.96. The van der Waals surface area contributed by atoms with Gasteiger partial charge in [-0.25, -0.2) is 0 Å². The molecule has 0 amide bonds. The molecule has 1 aromatic rings. The fourth-order valence-electron chi connectivity index (χ4n) is 2.56. The Morgan fingerprint density at radius 1 is 1.44 bits per heavy atom. The van der Waals surface area contributed by atoms with Gasteiger partial charge in [-0.3, -0.25) is 0 Å². The van der Waals surface area contributed by atoms with Gasteiger partial charge in [0.25, 0.3) is 0 Å². The number of ether oxygens (including phenoxy) is 1. The van der Waals surface area contributed by atoms with E-state index >= 15 is 0 Å². The molecule has 0 radical (unpaired) electrons. The van der Waals surface area contributed by atoms with Gasteiger partial charge in [-0.05, 0) is 50.5 Å². The van der Waals surface area contributed by atoms with E-state index in [4.69, 9.17) is 10.00 Å². The molecular formula is C15H20N2O. The van der Waals surface area contributed by atoms with Crippen molar-refractivity contribution < 1.29 is 4.74 Å². The molecule has 1 aliphatic rings. The predicted molar refractivity (Wildman–Crippen MR) is 72.8 cm³/mol. The largest absolute Gasteiger partial charge is 0.377 e. The molecule has 0 aliphatic carbocycles. The average molecular weight is 244 g/mol. The van der Waals surface area contributed by atoms with E-state index in [0.717, 1.165) is 37.1 Å². The van der Waals surface area contributed by atoms with Gasteiger partial charge in [0.05, 0.1) is 17.2 Å². The Kier molecular flexibility index (Phi) is 3.58. The molecule has 1 heterocycles. The van der Waals surface area contributed by atoms with Gasteiger partial charge >= 0.3 is 0 Å². The van der Waals surface area contributed by atoms with Crippen LogP contribution in [0.4, 0.5) is 5.69 Å². The Morgan fingerprint density at radius 3 is 2.83 bits per heavy atom. The van der Waals surface area contributed by atoms with Crippen LogP contribution in [-0.4, -0.2) is 25.8 Å². The van der Waals surface area contributed by atoms with Crippen LogP contribution in [-0.2, 0) is 4.74 Å². The highest BCUT2D eigenvalue weighted by atomic mass is 16.5. The molecule has 1 fully saturated rings. The summed E-state index contributed by atoms with van der Waals surface area (Å²) >= 11 is 0. The molecule has 0 N–H and O–H groups in total. The molecule has 3 nitrogen and oxygen atoms in total. The molecule has 1 unspecified atom stereocenters. The highest BCUT2D eigenvalue weighted by molar-refractivity contribution is 5.54. The van der Waals surface area contributed by atoms with E-state index in [9.17, 15) is 0 Å². The zero-order valence-corrected chi connectivity index (χ0v) is 11.4. The van der Waals surface area contributed by atoms with Gasteiger partial charge in [-0.15, -0.1) is 0 Å². The van der Waals surface area contributed by atoms with Gasteiger partial charge in [-0.1, -0.05) is 0 Å². The van der Waals surface area contributed by atoms with Gasteiger partial charge < -0.3 is 9.64 Å². The fraction of sp³-hybridized carbons (Fsp3) is 0.533. The van der Waals surface area contributed by atoms with E-state index in [1.807, 2.05) is 19.1 Å². The van der Waals surface area contributed by atoms with Gasteiger partial charge in [0, 0.05) is 25.9 Å². The Bertz CT molecular complexity index is 478. The summed E-state index contributed by atoms with van der Waals surface area (Å²) in [5.74, 6) is 0. The Labute approximate surface area is 109 Å². The second kappa shape index (κ2) is 4.99. The molecule has 0 saturated carbocycles. The average Bonchev–Trinajstić information content (AvgIpc) is 2.39. The zero-order chi connectivity index (χ0) is 13.2. The van der Waals surface area contributed by atoms with E-state index in [2.05, 4.69) is 24.0 Å². The lowest BCUT2D eigenvalue weighted by Gasteiger charge is -2.40. The standard InChI is InChI=1S/C15H20N2O/c1-12-9-14(6-5-13(12)10-16)17-8-4-7-15(2,11-17)18-3/h5-6,9H,4,7-8,11H2,1-3H3. The number of hydrogen-bond donors (Lipinski definition) is 0. The minimum atomic E-state index is -0.0555. The first kappa shape index (κ1) is 12.9. The number of rotatable bonds is 2. The molecule has 3 heteroatoms. The minimum absolute atomic E-state index is 0.0555. The van der Waals surface area contributed by atoms with E-state index in [0.29, 0.717) is 0 Å². The van der Waals surface area contributed by atoms with Gasteiger partial charge in [0.2, 0.25) is 0 Å². The number of piperidine rings is 1. The van der Waals surface area contributed by atoms with Crippen LogP contribution in [0.2, 0.25) is 0 Å². The fourth-order valence-corrected chi connectivity index (χ4v) is 2.56. The lowest BCUT2D eigenvalue weighted by atomic mass is 9.94. The molecule has 96 valence electrons. The first-order chi connectivity index (χ1) is 8.58. The molecule has 0 aromatic heterocycles. The SMILES string of the molecule is COC1(C)CCCN(c2ccc(C#N)c(C)c2)C1. The first-order valence-electron chi connectivity index (χ1n) is 6.39. The molecule has 1 aromatic carbocycles. The van der Waals surface area contributed by atoms with Crippen molar-refractivity contribution in [3.63, 3.8) is 0 Å². The first-order valence-corrected chi connectivity index (χ1v) is 6.39.